The molecule has 1 amide bonds. The SMILES string of the molecule is CC1(C)CCC(C)(C)c2cc(-c3ccc4[nH]c(C(=O)Nc5ccccc5N)cc4c3)ccc21. The normalized spacial score (nSPS) is 16.4. The smallest absolute Gasteiger partial charge is 0.272 e. The highest BCUT2D eigenvalue weighted by atomic mass is 16.1. The monoisotopic (exact) mass is 437 g/mol. The predicted octanol–water partition coefficient (Wildman–Crippen LogP) is 7.02. The van der Waals surface area contributed by atoms with Gasteiger partial charge in [-0.3, -0.25) is 4.79 Å². The molecule has 1 aliphatic carbocycles. The summed E-state index contributed by atoms with van der Waals surface area (Å²) in [5.74, 6) is -0.205. The van der Waals surface area contributed by atoms with Crippen LogP contribution in [0.5, 0.6) is 0 Å². The summed E-state index contributed by atoms with van der Waals surface area (Å²) in [7, 11) is 0. The lowest BCUT2D eigenvalue weighted by Crippen LogP contribution is -2.33. The van der Waals surface area contributed by atoms with Gasteiger partial charge in [0.2, 0.25) is 0 Å². The Morgan fingerprint density at radius 2 is 1.52 bits per heavy atom. The van der Waals surface area contributed by atoms with Crippen LogP contribution in [0.1, 0.15) is 62.2 Å². The van der Waals surface area contributed by atoms with Crippen molar-refractivity contribution in [2.24, 2.45) is 0 Å². The summed E-state index contributed by atoms with van der Waals surface area (Å²) in [4.78, 5) is 16.0. The van der Waals surface area contributed by atoms with Crippen LogP contribution < -0.4 is 11.1 Å². The van der Waals surface area contributed by atoms with Gasteiger partial charge in [-0.2, -0.15) is 0 Å². The Morgan fingerprint density at radius 3 is 2.27 bits per heavy atom. The molecule has 1 heterocycles. The quantitative estimate of drug-likeness (QED) is 0.301. The molecular formula is C29H31N3O. The van der Waals surface area contributed by atoms with Crippen molar-refractivity contribution in [2.45, 2.75) is 51.4 Å². The van der Waals surface area contributed by atoms with Gasteiger partial charge < -0.3 is 16.0 Å². The highest BCUT2D eigenvalue weighted by Crippen LogP contribution is 2.46. The van der Waals surface area contributed by atoms with E-state index >= 15 is 0 Å². The average Bonchev–Trinajstić information content (AvgIpc) is 3.22. The molecule has 0 unspecified atom stereocenters. The first-order valence-corrected chi connectivity index (χ1v) is 11.6. The first-order valence-electron chi connectivity index (χ1n) is 11.6. The molecule has 0 spiro atoms. The Balaban J connectivity index is 1.48. The maximum absolute atomic E-state index is 12.8. The van der Waals surface area contributed by atoms with Gasteiger partial charge >= 0.3 is 0 Å². The zero-order chi connectivity index (χ0) is 23.4. The number of carbonyl (C=O) groups is 1. The lowest BCUT2D eigenvalue weighted by atomic mass is 9.63. The molecule has 3 aromatic carbocycles. The Labute approximate surface area is 195 Å². The van der Waals surface area contributed by atoms with Crippen molar-refractivity contribution in [3.8, 4) is 11.1 Å². The number of para-hydroxylation sites is 2. The zero-order valence-electron chi connectivity index (χ0n) is 19.8. The van der Waals surface area contributed by atoms with Gasteiger partial charge in [0.25, 0.3) is 5.91 Å². The van der Waals surface area contributed by atoms with Crippen LogP contribution in [-0.4, -0.2) is 10.9 Å². The molecule has 0 saturated heterocycles. The minimum Gasteiger partial charge on any atom is -0.397 e. The summed E-state index contributed by atoms with van der Waals surface area (Å²) in [6.45, 7) is 9.40. The Hall–Kier alpha value is -3.53. The van der Waals surface area contributed by atoms with E-state index in [4.69, 9.17) is 5.73 Å². The maximum Gasteiger partial charge on any atom is 0.272 e. The van der Waals surface area contributed by atoms with E-state index in [-0.39, 0.29) is 16.7 Å². The minimum atomic E-state index is -0.205. The van der Waals surface area contributed by atoms with Crippen LogP contribution in [0.2, 0.25) is 0 Å². The average molecular weight is 438 g/mol. The van der Waals surface area contributed by atoms with Crippen LogP contribution in [0, 0.1) is 0 Å². The zero-order valence-corrected chi connectivity index (χ0v) is 19.8. The molecule has 4 heteroatoms. The Bertz CT molecular complexity index is 1380. The summed E-state index contributed by atoms with van der Waals surface area (Å²) >= 11 is 0. The van der Waals surface area contributed by atoms with Crippen LogP contribution in [0.3, 0.4) is 0 Å². The molecule has 1 aromatic heterocycles. The number of fused-ring (bicyclic) bond motifs is 2. The standard InChI is InChI=1S/C29H31N3O/c1-28(2)13-14-29(3,4)22-16-19(9-11-21(22)28)18-10-12-24-20(15-18)17-26(31-24)27(33)32-25-8-6-5-7-23(25)30/h5-12,15-17,31H,13-14,30H2,1-4H3,(H,32,33). The number of aromatic amines is 1. The number of aromatic nitrogens is 1. The highest BCUT2D eigenvalue weighted by Gasteiger charge is 2.36. The number of nitrogen functional groups attached to an aromatic ring is 1. The van der Waals surface area contributed by atoms with Gasteiger partial charge in [-0.25, -0.2) is 0 Å². The number of rotatable bonds is 3. The molecule has 0 bridgehead atoms. The van der Waals surface area contributed by atoms with Crippen LogP contribution in [0.25, 0.3) is 22.0 Å². The fourth-order valence-electron chi connectivity index (χ4n) is 5.00. The lowest BCUT2D eigenvalue weighted by Gasteiger charge is -2.42. The Morgan fingerprint density at radius 1 is 0.848 bits per heavy atom. The van der Waals surface area contributed by atoms with Gasteiger partial charge in [-0.1, -0.05) is 64.1 Å². The summed E-state index contributed by atoms with van der Waals surface area (Å²) in [6, 6.07) is 22.4. The topological polar surface area (TPSA) is 70.9 Å². The molecule has 33 heavy (non-hydrogen) atoms. The van der Waals surface area contributed by atoms with Crippen LogP contribution in [-0.2, 0) is 10.8 Å². The number of anilines is 2. The van der Waals surface area contributed by atoms with Gasteiger partial charge in [0, 0.05) is 10.9 Å². The maximum atomic E-state index is 12.8. The molecule has 0 atom stereocenters. The van der Waals surface area contributed by atoms with Crippen molar-refractivity contribution < 1.29 is 4.79 Å². The van der Waals surface area contributed by atoms with Crippen molar-refractivity contribution >= 4 is 28.2 Å². The second kappa shape index (κ2) is 7.51. The third-order valence-electron chi connectivity index (χ3n) is 7.26. The van der Waals surface area contributed by atoms with Gasteiger partial charge in [0.1, 0.15) is 5.69 Å². The fraction of sp³-hybridized carbons (Fsp3) is 0.276. The fourth-order valence-corrected chi connectivity index (χ4v) is 5.00. The van der Waals surface area contributed by atoms with Crippen molar-refractivity contribution in [2.75, 3.05) is 11.1 Å². The molecule has 4 aromatic rings. The highest BCUT2D eigenvalue weighted by molar-refractivity contribution is 6.07. The molecule has 0 saturated carbocycles. The number of carbonyl (C=O) groups excluding carboxylic acids is 1. The number of benzene rings is 3. The van der Waals surface area contributed by atoms with E-state index in [1.165, 1.54) is 29.5 Å². The number of nitrogens with one attached hydrogen (secondary N) is 2. The second-order valence-electron chi connectivity index (χ2n) is 10.6. The van der Waals surface area contributed by atoms with Crippen molar-refractivity contribution in [3.63, 3.8) is 0 Å². The molecule has 0 fully saturated rings. The van der Waals surface area contributed by atoms with Crippen molar-refractivity contribution in [1.29, 1.82) is 0 Å². The number of hydrogen-bond acceptors (Lipinski definition) is 2. The van der Waals surface area contributed by atoms with E-state index in [0.29, 0.717) is 17.1 Å². The first kappa shape index (κ1) is 21.3. The molecule has 168 valence electrons. The summed E-state index contributed by atoms with van der Waals surface area (Å²) in [6.07, 6.45) is 2.40. The first-order chi connectivity index (χ1) is 15.6. The molecular weight excluding hydrogens is 406 g/mol. The summed E-state index contributed by atoms with van der Waals surface area (Å²) in [5.41, 5.74) is 14.2. The third kappa shape index (κ3) is 3.80. The van der Waals surface area contributed by atoms with E-state index in [2.05, 4.69) is 68.3 Å². The van der Waals surface area contributed by atoms with Gasteiger partial charge in [0.05, 0.1) is 11.4 Å². The minimum absolute atomic E-state index is 0.170. The molecule has 4 N–H and O–H groups in total. The molecule has 0 aliphatic heterocycles. The second-order valence-corrected chi connectivity index (χ2v) is 10.6. The largest absolute Gasteiger partial charge is 0.397 e. The van der Waals surface area contributed by atoms with E-state index in [1.54, 1.807) is 12.1 Å². The van der Waals surface area contributed by atoms with E-state index in [1.807, 2.05) is 24.3 Å². The Kier molecular flexibility index (Phi) is 4.86. The van der Waals surface area contributed by atoms with E-state index in [0.717, 1.165) is 16.5 Å². The number of amides is 1. The van der Waals surface area contributed by atoms with Crippen molar-refractivity contribution in [3.05, 3.63) is 83.6 Å². The van der Waals surface area contributed by atoms with Crippen LogP contribution in [0.15, 0.2) is 66.7 Å². The lowest BCUT2D eigenvalue weighted by molar-refractivity contribution is 0.102. The number of hydrogen-bond donors (Lipinski definition) is 3. The summed E-state index contributed by atoms with van der Waals surface area (Å²) in [5, 5.41) is 3.90. The van der Waals surface area contributed by atoms with Crippen LogP contribution in [0.4, 0.5) is 11.4 Å². The number of nitrogens with two attached hydrogens (primary N) is 1. The molecule has 5 rings (SSSR count). The number of H-pyrrole nitrogens is 1. The van der Waals surface area contributed by atoms with E-state index < -0.39 is 0 Å². The molecule has 1 aliphatic rings. The van der Waals surface area contributed by atoms with Gasteiger partial charge in [-0.05, 0) is 76.3 Å². The predicted molar refractivity (Wildman–Crippen MR) is 138 cm³/mol. The van der Waals surface area contributed by atoms with Gasteiger partial charge in [0.15, 0.2) is 0 Å². The summed E-state index contributed by atoms with van der Waals surface area (Å²) < 4.78 is 0. The van der Waals surface area contributed by atoms with Crippen LogP contribution >= 0.6 is 0 Å². The van der Waals surface area contributed by atoms with Gasteiger partial charge in [-0.15, -0.1) is 0 Å². The van der Waals surface area contributed by atoms with Crippen molar-refractivity contribution in [1.82, 2.24) is 4.98 Å². The molecule has 4 nitrogen and oxygen atoms in total. The molecule has 0 radical (unpaired) electrons. The van der Waals surface area contributed by atoms with E-state index in [9.17, 15) is 4.79 Å². The third-order valence-corrected chi connectivity index (χ3v) is 7.26.